The molecular weight excluding hydrogens is 238 g/mol. The summed E-state index contributed by atoms with van der Waals surface area (Å²) < 4.78 is 0. The van der Waals surface area contributed by atoms with E-state index >= 15 is 0 Å². The number of carboxylic acids is 1. The van der Waals surface area contributed by atoms with Gasteiger partial charge in [-0.05, 0) is 20.0 Å². The van der Waals surface area contributed by atoms with Gasteiger partial charge in [0.1, 0.15) is 4.88 Å². The van der Waals surface area contributed by atoms with E-state index in [1.54, 1.807) is 0 Å². The number of aromatic nitrogens is 1. The summed E-state index contributed by atoms with van der Waals surface area (Å²) in [6, 6.07) is 0.507. The number of thiazole rings is 1. The van der Waals surface area contributed by atoms with Crippen molar-refractivity contribution in [3.63, 3.8) is 0 Å². The monoisotopic (exact) mass is 255 g/mol. The third kappa shape index (κ3) is 2.42. The highest BCUT2D eigenvalue weighted by Crippen LogP contribution is 2.29. The molecule has 1 N–H and O–H groups in total. The molecule has 5 nitrogen and oxygen atoms in total. The zero-order chi connectivity index (χ0) is 12.6. The Kier molecular flexibility index (Phi) is 3.35. The number of rotatable bonds is 3. The van der Waals surface area contributed by atoms with E-state index in [4.69, 9.17) is 5.11 Å². The molecule has 0 amide bonds. The van der Waals surface area contributed by atoms with Crippen LogP contribution in [0.1, 0.15) is 16.6 Å². The molecule has 6 heteroatoms. The van der Waals surface area contributed by atoms with Crippen molar-refractivity contribution in [1.82, 2.24) is 9.88 Å². The van der Waals surface area contributed by atoms with Gasteiger partial charge in [0.2, 0.25) is 0 Å². The molecule has 2 heterocycles. The van der Waals surface area contributed by atoms with Gasteiger partial charge in [0, 0.05) is 19.1 Å². The number of anilines is 1. The predicted molar refractivity (Wildman–Crippen MR) is 67.9 cm³/mol. The lowest BCUT2D eigenvalue weighted by atomic mass is 10.1. The molecule has 2 atom stereocenters. The molecule has 1 saturated heterocycles. The van der Waals surface area contributed by atoms with Crippen LogP contribution >= 0.6 is 11.3 Å². The number of likely N-dealkylation sites (N-methyl/N-ethyl adjacent to an activating group) is 1. The first-order chi connectivity index (χ1) is 7.99. The molecule has 1 aromatic heterocycles. The zero-order valence-corrected chi connectivity index (χ0v) is 11.1. The SMILES string of the molecule is CC1CN(c2ncc(C(=O)O)s2)CC1N(C)C. The normalized spacial score (nSPS) is 24.6. The van der Waals surface area contributed by atoms with Crippen molar-refractivity contribution in [3.05, 3.63) is 11.1 Å². The molecular formula is C11H17N3O2S. The van der Waals surface area contributed by atoms with E-state index in [9.17, 15) is 4.79 Å². The molecule has 0 radical (unpaired) electrons. The molecule has 0 aliphatic carbocycles. The Morgan fingerprint density at radius 1 is 1.59 bits per heavy atom. The van der Waals surface area contributed by atoms with Crippen LogP contribution in [0, 0.1) is 5.92 Å². The van der Waals surface area contributed by atoms with Crippen LogP contribution in [-0.2, 0) is 0 Å². The molecule has 0 spiro atoms. The largest absolute Gasteiger partial charge is 0.477 e. The summed E-state index contributed by atoms with van der Waals surface area (Å²) in [7, 11) is 4.16. The van der Waals surface area contributed by atoms with Gasteiger partial charge >= 0.3 is 5.97 Å². The number of nitrogens with zero attached hydrogens (tertiary/aromatic N) is 3. The van der Waals surface area contributed by atoms with Crippen LogP contribution in [0.5, 0.6) is 0 Å². The topological polar surface area (TPSA) is 56.7 Å². The van der Waals surface area contributed by atoms with E-state index in [2.05, 4.69) is 35.8 Å². The Morgan fingerprint density at radius 3 is 2.76 bits per heavy atom. The first-order valence-electron chi connectivity index (χ1n) is 5.59. The van der Waals surface area contributed by atoms with Gasteiger partial charge in [-0.1, -0.05) is 18.3 Å². The van der Waals surface area contributed by atoms with Gasteiger partial charge in [0.05, 0.1) is 6.20 Å². The fourth-order valence-corrected chi connectivity index (χ4v) is 3.06. The lowest BCUT2D eigenvalue weighted by Gasteiger charge is -2.22. The molecule has 2 unspecified atom stereocenters. The molecule has 94 valence electrons. The Morgan fingerprint density at radius 2 is 2.29 bits per heavy atom. The van der Waals surface area contributed by atoms with Crippen LogP contribution in [0.25, 0.3) is 0 Å². The maximum absolute atomic E-state index is 10.8. The third-order valence-electron chi connectivity index (χ3n) is 3.21. The van der Waals surface area contributed by atoms with Crippen LogP contribution in [0.3, 0.4) is 0 Å². The van der Waals surface area contributed by atoms with Crippen molar-refractivity contribution < 1.29 is 9.90 Å². The van der Waals surface area contributed by atoms with Crippen molar-refractivity contribution in [1.29, 1.82) is 0 Å². The first kappa shape index (κ1) is 12.3. The minimum atomic E-state index is -0.898. The summed E-state index contributed by atoms with van der Waals surface area (Å²) >= 11 is 1.25. The quantitative estimate of drug-likeness (QED) is 0.880. The number of carbonyl (C=O) groups is 1. The highest BCUT2D eigenvalue weighted by atomic mass is 32.1. The van der Waals surface area contributed by atoms with Gasteiger partial charge < -0.3 is 14.9 Å². The molecule has 1 aromatic rings. The van der Waals surface area contributed by atoms with E-state index in [0.29, 0.717) is 16.8 Å². The van der Waals surface area contributed by atoms with Crippen molar-refractivity contribution in [3.8, 4) is 0 Å². The van der Waals surface area contributed by atoms with Crippen molar-refractivity contribution in [2.45, 2.75) is 13.0 Å². The predicted octanol–water partition coefficient (Wildman–Crippen LogP) is 1.23. The average molecular weight is 255 g/mol. The molecule has 1 fully saturated rings. The Hall–Kier alpha value is -1.14. The third-order valence-corrected chi connectivity index (χ3v) is 4.26. The fourth-order valence-electron chi connectivity index (χ4n) is 2.29. The van der Waals surface area contributed by atoms with Crippen LogP contribution in [0.15, 0.2) is 6.20 Å². The lowest BCUT2D eigenvalue weighted by molar-refractivity contribution is 0.0702. The lowest BCUT2D eigenvalue weighted by Crippen LogP contribution is -2.34. The second-order valence-corrected chi connectivity index (χ2v) is 5.73. The van der Waals surface area contributed by atoms with E-state index in [-0.39, 0.29) is 0 Å². The van der Waals surface area contributed by atoms with E-state index < -0.39 is 5.97 Å². The number of carboxylic acid groups (broad SMARTS) is 1. The summed E-state index contributed by atoms with van der Waals surface area (Å²) in [5, 5.41) is 9.69. The summed E-state index contributed by atoms with van der Waals surface area (Å²) in [5.74, 6) is -0.327. The molecule has 2 rings (SSSR count). The number of aromatic carboxylic acids is 1. The smallest absolute Gasteiger partial charge is 0.347 e. The van der Waals surface area contributed by atoms with E-state index in [1.807, 2.05) is 0 Å². The molecule has 1 aliphatic heterocycles. The highest BCUT2D eigenvalue weighted by Gasteiger charge is 2.32. The Labute approximate surface area is 105 Å². The minimum Gasteiger partial charge on any atom is -0.477 e. The van der Waals surface area contributed by atoms with Gasteiger partial charge in [-0.3, -0.25) is 0 Å². The molecule has 0 bridgehead atoms. The van der Waals surface area contributed by atoms with Gasteiger partial charge in [0.15, 0.2) is 5.13 Å². The van der Waals surface area contributed by atoms with Gasteiger partial charge in [-0.25, -0.2) is 9.78 Å². The second-order valence-electron chi connectivity index (χ2n) is 4.73. The Balaban J connectivity index is 2.11. The molecule has 1 aliphatic rings. The van der Waals surface area contributed by atoms with Crippen LogP contribution in [0.2, 0.25) is 0 Å². The Bertz CT molecular complexity index is 419. The maximum Gasteiger partial charge on any atom is 0.347 e. The summed E-state index contributed by atoms with van der Waals surface area (Å²) in [6.45, 7) is 4.08. The standard InChI is InChI=1S/C11H17N3O2S/c1-7-5-14(6-8(7)13(2)3)11-12-4-9(17-11)10(15)16/h4,7-8H,5-6H2,1-3H3,(H,15,16). The van der Waals surface area contributed by atoms with Crippen molar-refractivity contribution in [2.24, 2.45) is 5.92 Å². The van der Waals surface area contributed by atoms with Crippen LogP contribution in [0.4, 0.5) is 5.13 Å². The highest BCUT2D eigenvalue weighted by molar-refractivity contribution is 7.17. The van der Waals surface area contributed by atoms with Crippen LogP contribution < -0.4 is 4.90 Å². The zero-order valence-electron chi connectivity index (χ0n) is 10.3. The molecule has 17 heavy (non-hydrogen) atoms. The summed E-state index contributed by atoms with van der Waals surface area (Å²) in [4.78, 5) is 19.7. The first-order valence-corrected chi connectivity index (χ1v) is 6.41. The van der Waals surface area contributed by atoms with E-state index in [1.165, 1.54) is 17.5 Å². The maximum atomic E-state index is 10.8. The molecule has 0 saturated carbocycles. The van der Waals surface area contributed by atoms with Crippen molar-refractivity contribution >= 4 is 22.4 Å². The number of hydrogen-bond donors (Lipinski definition) is 1. The number of hydrogen-bond acceptors (Lipinski definition) is 5. The minimum absolute atomic E-state index is 0.306. The fraction of sp³-hybridized carbons (Fsp3) is 0.636. The average Bonchev–Trinajstić information content (AvgIpc) is 2.82. The second kappa shape index (κ2) is 4.62. The van der Waals surface area contributed by atoms with Gasteiger partial charge in [0.25, 0.3) is 0 Å². The van der Waals surface area contributed by atoms with Gasteiger partial charge in [-0.15, -0.1) is 0 Å². The van der Waals surface area contributed by atoms with E-state index in [0.717, 1.165) is 18.2 Å². The summed E-state index contributed by atoms with van der Waals surface area (Å²) in [5.41, 5.74) is 0. The summed E-state index contributed by atoms with van der Waals surface area (Å²) in [6.07, 6.45) is 1.44. The van der Waals surface area contributed by atoms with Crippen molar-refractivity contribution in [2.75, 3.05) is 32.1 Å². The van der Waals surface area contributed by atoms with Gasteiger partial charge in [-0.2, -0.15) is 0 Å². The van der Waals surface area contributed by atoms with Crippen LogP contribution in [-0.4, -0.2) is 54.2 Å². The molecule has 0 aromatic carbocycles.